The van der Waals surface area contributed by atoms with Gasteiger partial charge in [0.05, 0.1) is 16.9 Å². The maximum Gasteiger partial charge on any atom is 0.127 e. The summed E-state index contributed by atoms with van der Waals surface area (Å²) in [5.41, 5.74) is 8.34. The Balaban J connectivity index is 1.08. The summed E-state index contributed by atoms with van der Waals surface area (Å²) < 4.78 is 20.8. The molecule has 0 atom stereocenters. The predicted molar refractivity (Wildman–Crippen MR) is 180 cm³/mol. The Kier molecular flexibility index (Phi) is 7.93. The topological polar surface area (TPSA) is 86.0 Å². The number of aromatic nitrogens is 5. The average Bonchev–Trinajstić information content (AvgIpc) is 3.85. The Morgan fingerprint density at radius 3 is 2.46 bits per heavy atom. The molecule has 2 saturated heterocycles. The van der Waals surface area contributed by atoms with Gasteiger partial charge in [-0.3, -0.25) is 24.9 Å². The fourth-order valence-corrected chi connectivity index (χ4v) is 7.00. The van der Waals surface area contributed by atoms with Crippen molar-refractivity contribution in [2.75, 3.05) is 39.3 Å². The summed E-state index contributed by atoms with van der Waals surface area (Å²) in [4.78, 5) is 17.7. The van der Waals surface area contributed by atoms with Gasteiger partial charge in [0.15, 0.2) is 0 Å². The summed E-state index contributed by atoms with van der Waals surface area (Å²) in [7, 11) is 0. The molecular weight excluding hydrogens is 577 g/mol. The molecular formula is C37H38FN7O. The first kappa shape index (κ1) is 28.8. The van der Waals surface area contributed by atoms with Crippen LogP contribution in [0.25, 0.3) is 55.6 Å². The molecule has 2 aliphatic heterocycles. The minimum Gasteiger partial charge on any atom is -0.492 e. The molecule has 0 aliphatic carbocycles. The fourth-order valence-electron chi connectivity index (χ4n) is 7.00. The molecule has 46 heavy (non-hydrogen) atoms. The summed E-state index contributed by atoms with van der Waals surface area (Å²) in [6, 6.07) is 17.5. The SMILES string of the molecule is Fc1cc(OCCN2CCCC2)cc(-c2nccc3[nH]c(-c4n[nH]c5ccc(-c6cncc(CN7CCCCC7)c6)cc45)cc23)c1. The number of aromatic amines is 2. The first-order valence-corrected chi connectivity index (χ1v) is 16.5. The molecule has 2 aromatic carbocycles. The van der Waals surface area contributed by atoms with Crippen molar-refractivity contribution >= 4 is 21.8 Å². The van der Waals surface area contributed by atoms with Crippen LogP contribution in [-0.4, -0.2) is 74.3 Å². The molecule has 2 fully saturated rings. The van der Waals surface area contributed by atoms with Gasteiger partial charge in [-0.1, -0.05) is 12.5 Å². The molecule has 0 amide bonds. The van der Waals surface area contributed by atoms with E-state index in [0.717, 1.165) is 83.6 Å². The number of pyridine rings is 2. The highest BCUT2D eigenvalue weighted by molar-refractivity contribution is 6.00. The van der Waals surface area contributed by atoms with E-state index in [0.29, 0.717) is 23.6 Å². The second-order valence-corrected chi connectivity index (χ2v) is 12.6. The number of likely N-dealkylation sites (tertiary alicyclic amines) is 2. The number of benzene rings is 2. The molecule has 2 aliphatic rings. The summed E-state index contributed by atoms with van der Waals surface area (Å²) in [6.07, 6.45) is 12.0. The molecule has 0 saturated carbocycles. The molecule has 4 aromatic heterocycles. The van der Waals surface area contributed by atoms with E-state index in [1.54, 1.807) is 6.20 Å². The number of nitrogens with one attached hydrogen (secondary N) is 2. The molecule has 6 aromatic rings. The normalized spacial score (nSPS) is 16.1. The molecule has 0 radical (unpaired) electrons. The van der Waals surface area contributed by atoms with Crippen LogP contribution in [0.3, 0.4) is 0 Å². The van der Waals surface area contributed by atoms with Crippen LogP contribution in [0.4, 0.5) is 4.39 Å². The molecule has 8 nitrogen and oxygen atoms in total. The lowest BCUT2D eigenvalue weighted by Gasteiger charge is -2.26. The van der Waals surface area contributed by atoms with Crippen LogP contribution < -0.4 is 4.74 Å². The largest absolute Gasteiger partial charge is 0.492 e. The predicted octanol–water partition coefficient (Wildman–Crippen LogP) is 7.43. The zero-order chi connectivity index (χ0) is 30.9. The fraction of sp³-hybridized carbons (Fsp3) is 0.324. The first-order chi connectivity index (χ1) is 22.7. The smallest absolute Gasteiger partial charge is 0.127 e. The molecule has 0 bridgehead atoms. The van der Waals surface area contributed by atoms with Crippen LogP contribution in [0.15, 0.2) is 73.2 Å². The summed E-state index contributed by atoms with van der Waals surface area (Å²) in [5, 5.41) is 9.81. The minimum atomic E-state index is -0.344. The molecule has 0 spiro atoms. The minimum absolute atomic E-state index is 0.344. The highest BCUT2D eigenvalue weighted by Crippen LogP contribution is 2.35. The highest BCUT2D eigenvalue weighted by atomic mass is 19.1. The number of hydrogen-bond donors (Lipinski definition) is 2. The molecule has 6 heterocycles. The third-order valence-electron chi connectivity index (χ3n) is 9.37. The van der Waals surface area contributed by atoms with Crippen LogP contribution in [-0.2, 0) is 6.54 Å². The Morgan fingerprint density at radius 1 is 0.739 bits per heavy atom. The number of hydrogen-bond acceptors (Lipinski definition) is 6. The van der Waals surface area contributed by atoms with Crippen LogP contribution in [0.2, 0.25) is 0 Å². The van der Waals surface area contributed by atoms with Crippen molar-refractivity contribution in [1.82, 2.24) is 34.9 Å². The zero-order valence-electron chi connectivity index (χ0n) is 25.9. The Bertz CT molecular complexity index is 1990. The van der Waals surface area contributed by atoms with Gasteiger partial charge in [0, 0.05) is 65.2 Å². The van der Waals surface area contributed by atoms with Crippen LogP contribution >= 0.6 is 0 Å². The Hall–Kier alpha value is -4.60. The Morgan fingerprint density at radius 2 is 1.57 bits per heavy atom. The van der Waals surface area contributed by atoms with Gasteiger partial charge in [0.1, 0.15) is 23.9 Å². The van der Waals surface area contributed by atoms with E-state index >= 15 is 0 Å². The van der Waals surface area contributed by atoms with Crippen LogP contribution in [0.5, 0.6) is 5.75 Å². The summed E-state index contributed by atoms with van der Waals surface area (Å²) in [6.45, 7) is 6.84. The van der Waals surface area contributed by atoms with E-state index in [-0.39, 0.29) is 5.82 Å². The third kappa shape index (κ3) is 6.00. The number of halogens is 1. The number of nitrogens with zero attached hydrogens (tertiary/aromatic N) is 5. The lowest BCUT2D eigenvalue weighted by molar-refractivity contribution is 0.220. The molecule has 0 unspecified atom stereocenters. The summed E-state index contributed by atoms with van der Waals surface area (Å²) >= 11 is 0. The van der Waals surface area contributed by atoms with Gasteiger partial charge in [-0.25, -0.2) is 4.39 Å². The van der Waals surface area contributed by atoms with Gasteiger partial charge in [0.25, 0.3) is 0 Å². The van der Waals surface area contributed by atoms with Crippen molar-refractivity contribution < 1.29 is 9.13 Å². The van der Waals surface area contributed by atoms with Gasteiger partial charge >= 0.3 is 0 Å². The maximum absolute atomic E-state index is 14.8. The van der Waals surface area contributed by atoms with Gasteiger partial charge in [0.2, 0.25) is 0 Å². The molecule has 2 N–H and O–H groups in total. The average molecular weight is 616 g/mol. The number of ether oxygens (including phenoxy) is 1. The van der Waals surface area contributed by atoms with Crippen molar-refractivity contribution in [3.63, 3.8) is 0 Å². The van der Waals surface area contributed by atoms with E-state index in [2.05, 4.69) is 60.2 Å². The number of piperidine rings is 1. The van der Waals surface area contributed by atoms with E-state index in [1.165, 1.54) is 49.8 Å². The number of H-pyrrole nitrogens is 2. The quantitative estimate of drug-likeness (QED) is 0.176. The van der Waals surface area contributed by atoms with E-state index in [4.69, 9.17) is 9.84 Å². The van der Waals surface area contributed by atoms with Gasteiger partial charge in [-0.2, -0.15) is 5.10 Å². The lowest BCUT2D eigenvalue weighted by atomic mass is 10.0. The van der Waals surface area contributed by atoms with E-state index in [9.17, 15) is 4.39 Å². The second kappa shape index (κ2) is 12.7. The first-order valence-electron chi connectivity index (χ1n) is 16.5. The highest BCUT2D eigenvalue weighted by Gasteiger charge is 2.17. The monoisotopic (exact) mass is 615 g/mol. The van der Waals surface area contributed by atoms with Gasteiger partial charge < -0.3 is 9.72 Å². The van der Waals surface area contributed by atoms with Crippen LogP contribution in [0, 0.1) is 5.82 Å². The van der Waals surface area contributed by atoms with E-state index < -0.39 is 0 Å². The van der Waals surface area contributed by atoms with Crippen LogP contribution in [0.1, 0.15) is 37.7 Å². The zero-order valence-corrected chi connectivity index (χ0v) is 25.9. The Labute approximate surface area is 267 Å². The molecule has 8 rings (SSSR count). The summed E-state index contributed by atoms with van der Waals surface area (Å²) in [5.74, 6) is 0.174. The van der Waals surface area contributed by atoms with Crippen molar-refractivity contribution in [3.05, 3.63) is 84.6 Å². The molecule has 234 valence electrons. The van der Waals surface area contributed by atoms with Crippen molar-refractivity contribution in [2.24, 2.45) is 0 Å². The number of fused-ring (bicyclic) bond motifs is 2. The molecule has 9 heteroatoms. The third-order valence-corrected chi connectivity index (χ3v) is 9.37. The lowest BCUT2D eigenvalue weighted by Crippen LogP contribution is -2.29. The van der Waals surface area contributed by atoms with Gasteiger partial charge in [-0.05, 0) is 105 Å². The van der Waals surface area contributed by atoms with Crippen molar-refractivity contribution in [1.29, 1.82) is 0 Å². The van der Waals surface area contributed by atoms with Crippen molar-refractivity contribution in [3.8, 4) is 39.5 Å². The maximum atomic E-state index is 14.8. The van der Waals surface area contributed by atoms with Gasteiger partial charge in [-0.15, -0.1) is 0 Å². The standard InChI is InChI=1S/C37H38FN7O/c38-29-17-27(18-30(20-29)46-15-14-44-10-4-5-11-44)36-32-21-35(41-33(32)8-9-40-36)37-31-19-26(6-7-34(31)42-43-37)28-16-25(22-39-23-28)24-45-12-2-1-3-13-45/h6-9,16-23,41H,1-5,10-15,24H2,(H,42,43). The van der Waals surface area contributed by atoms with Crippen molar-refractivity contribution in [2.45, 2.75) is 38.6 Å². The second-order valence-electron chi connectivity index (χ2n) is 12.6. The number of rotatable bonds is 9. The van der Waals surface area contributed by atoms with E-state index in [1.807, 2.05) is 24.5 Å².